The SMILES string of the molecule is C=CCc1cc(S(N)(=O)=O)c(CC=C)cc1[N+](=O)[O-]. The van der Waals surface area contributed by atoms with E-state index < -0.39 is 14.9 Å². The summed E-state index contributed by atoms with van der Waals surface area (Å²) in [6, 6.07) is 2.45. The molecule has 6 nitrogen and oxygen atoms in total. The predicted octanol–water partition coefficient (Wildman–Crippen LogP) is 1.70. The molecule has 0 aliphatic rings. The second-order valence-electron chi connectivity index (χ2n) is 3.88. The lowest BCUT2D eigenvalue weighted by atomic mass is 10.0. The Kier molecular flexibility index (Phi) is 4.57. The normalized spacial score (nSPS) is 11.0. The maximum atomic E-state index is 11.5. The number of hydrogen-bond donors (Lipinski definition) is 1. The van der Waals surface area contributed by atoms with Crippen molar-refractivity contribution in [1.82, 2.24) is 0 Å². The van der Waals surface area contributed by atoms with Gasteiger partial charge in [0.25, 0.3) is 5.69 Å². The van der Waals surface area contributed by atoms with E-state index in [2.05, 4.69) is 13.2 Å². The van der Waals surface area contributed by atoms with Crippen LogP contribution in [0.4, 0.5) is 5.69 Å². The first-order valence-electron chi connectivity index (χ1n) is 5.36. The Morgan fingerprint density at radius 2 is 1.74 bits per heavy atom. The van der Waals surface area contributed by atoms with Crippen molar-refractivity contribution >= 4 is 15.7 Å². The summed E-state index contributed by atoms with van der Waals surface area (Å²) in [7, 11) is -3.94. The monoisotopic (exact) mass is 282 g/mol. The third-order valence-electron chi connectivity index (χ3n) is 2.49. The Bertz CT molecular complexity index is 635. The number of nitrogens with zero attached hydrogens (tertiary/aromatic N) is 1. The van der Waals surface area contributed by atoms with Crippen LogP contribution in [0.15, 0.2) is 42.3 Å². The van der Waals surface area contributed by atoms with Crippen LogP contribution >= 0.6 is 0 Å². The molecule has 0 aliphatic heterocycles. The minimum atomic E-state index is -3.94. The Morgan fingerprint density at radius 1 is 1.21 bits per heavy atom. The first-order valence-corrected chi connectivity index (χ1v) is 6.90. The van der Waals surface area contributed by atoms with Gasteiger partial charge in [-0.25, -0.2) is 13.6 Å². The van der Waals surface area contributed by atoms with Gasteiger partial charge in [0.1, 0.15) is 0 Å². The Balaban J connectivity index is 3.63. The van der Waals surface area contributed by atoms with Crippen LogP contribution < -0.4 is 5.14 Å². The molecule has 0 radical (unpaired) electrons. The van der Waals surface area contributed by atoms with Crippen molar-refractivity contribution in [2.75, 3.05) is 0 Å². The van der Waals surface area contributed by atoms with Crippen molar-refractivity contribution in [3.8, 4) is 0 Å². The number of nitrogens with two attached hydrogens (primary N) is 1. The third-order valence-corrected chi connectivity index (χ3v) is 3.49. The molecule has 0 unspecified atom stereocenters. The van der Waals surface area contributed by atoms with Gasteiger partial charge in [-0.1, -0.05) is 12.2 Å². The summed E-state index contributed by atoms with van der Waals surface area (Å²) in [4.78, 5) is 10.3. The van der Waals surface area contributed by atoms with Crippen molar-refractivity contribution in [2.45, 2.75) is 17.7 Å². The molecule has 0 aromatic heterocycles. The smallest absolute Gasteiger partial charge is 0.258 e. The van der Waals surface area contributed by atoms with Crippen LogP contribution in [0, 0.1) is 10.1 Å². The quantitative estimate of drug-likeness (QED) is 0.487. The van der Waals surface area contributed by atoms with E-state index in [0.29, 0.717) is 0 Å². The highest BCUT2D eigenvalue weighted by molar-refractivity contribution is 7.89. The highest BCUT2D eigenvalue weighted by Crippen LogP contribution is 2.27. The number of nitro groups is 1. The molecule has 0 spiro atoms. The molecular formula is C12H14N2O4S. The predicted molar refractivity (Wildman–Crippen MR) is 72.3 cm³/mol. The molecule has 0 fully saturated rings. The number of primary sulfonamides is 1. The Labute approximate surface area is 111 Å². The summed E-state index contributed by atoms with van der Waals surface area (Å²) in [5.41, 5.74) is 0.373. The zero-order valence-corrected chi connectivity index (χ0v) is 11.0. The van der Waals surface area contributed by atoms with E-state index in [9.17, 15) is 18.5 Å². The summed E-state index contributed by atoms with van der Waals surface area (Å²) >= 11 is 0. The van der Waals surface area contributed by atoms with E-state index >= 15 is 0 Å². The van der Waals surface area contributed by atoms with Crippen molar-refractivity contribution in [2.24, 2.45) is 5.14 Å². The number of hydrogen-bond acceptors (Lipinski definition) is 4. The fourth-order valence-corrected chi connectivity index (χ4v) is 2.54. The first kappa shape index (κ1) is 15.1. The van der Waals surface area contributed by atoms with Crippen LogP contribution in [0.5, 0.6) is 0 Å². The lowest BCUT2D eigenvalue weighted by molar-refractivity contribution is -0.385. The van der Waals surface area contributed by atoms with E-state index in [-0.39, 0.29) is 34.6 Å². The molecule has 1 aromatic rings. The van der Waals surface area contributed by atoms with Crippen molar-refractivity contribution < 1.29 is 13.3 Å². The Morgan fingerprint density at radius 3 is 2.16 bits per heavy atom. The number of allylic oxidation sites excluding steroid dienone is 2. The number of rotatable bonds is 6. The fourth-order valence-electron chi connectivity index (χ4n) is 1.72. The summed E-state index contributed by atoms with van der Waals surface area (Å²) in [5.74, 6) is 0. The van der Waals surface area contributed by atoms with Gasteiger partial charge >= 0.3 is 0 Å². The molecule has 7 heteroatoms. The molecule has 0 saturated carbocycles. The topological polar surface area (TPSA) is 103 Å². The molecule has 0 saturated heterocycles. The lowest BCUT2D eigenvalue weighted by Gasteiger charge is -2.09. The zero-order chi connectivity index (χ0) is 14.6. The van der Waals surface area contributed by atoms with Gasteiger partial charge < -0.3 is 0 Å². The maximum Gasteiger partial charge on any atom is 0.273 e. The van der Waals surface area contributed by atoms with Gasteiger partial charge in [-0.3, -0.25) is 10.1 Å². The van der Waals surface area contributed by atoms with Crippen LogP contribution in [0.3, 0.4) is 0 Å². The molecule has 2 N–H and O–H groups in total. The maximum absolute atomic E-state index is 11.5. The van der Waals surface area contributed by atoms with Crippen LogP contribution in [-0.2, 0) is 22.9 Å². The number of sulfonamides is 1. The van der Waals surface area contributed by atoms with E-state index in [1.807, 2.05) is 0 Å². The van der Waals surface area contributed by atoms with Crippen LogP contribution in [0.1, 0.15) is 11.1 Å². The second kappa shape index (κ2) is 5.77. The van der Waals surface area contributed by atoms with E-state index in [4.69, 9.17) is 5.14 Å². The lowest BCUT2D eigenvalue weighted by Crippen LogP contribution is -2.15. The number of benzene rings is 1. The van der Waals surface area contributed by atoms with Gasteiger partial charge in [0.05, 0.1) is 9.82 Å². The van der Waals surface area contributed by atoms with E-state index in [1.54, 1.807) is 0 Å². The molecule has 0 amide bonds. The summed E-state index contributed by atoms with van der Waals surface area (Å²) < 4.78 is 23.0. The molecule has 0 heterocycles. The van der Waals surface area contributed by atoms with Gasteiger partial charge in [0, 0.05) is 11.6 Å². The van der Waals surface area contributed by atoms with Gasteiger partial charge in [-0.05, 0) is 24.5 Å². The largest absolute Gasteiger partial charge is 0.273 e. The molecule has 19 heavy (non-hydrogen) atoms. The minimum Gasteiger partial charge on any atom is -0.258 e. The molecule has 102 valence electrons. The molecular weight excluding hydrogens is 268 g/mol. The highest BCUT2D eigenvalue weighted by Gasteiger charge is 2.21. The van der Waals surface area contributed by atoms with Gasteiger partial charge in [-0.15, -0.1) is 13.2 Å². The standard InChI is InChI=1S/C12H14N2O4S/c1-3-5-9-8-12(19(13,17)18)10(6-4-2)7-11(9)14(15)16/h3-4,7-8H,1-2,5-6H2,(H2,13,17,18). The van der Waals surface area contributed by atoms with Crippen molar-refractivity contribution in [3.63, 3.8) is 0 Å². The first-order chi connectivity index (χ1) is 8.81. The fraction of sp³-hybridized carbons (Fsp3) is 0.167. The Hall–Kier alpha value is -1.99. The minimum absolute atomic E-state index is 0.116. The molecule has 0 aliphatic carbocycles. The molecule has 1 aromatic carbocycles. The zero-order valence-electron chi connectivity index (χ0n) is 10.2. The van der Waals surface area contributed by atoms with E-state index in [1.165, 1.54) is 24.3 Å². The number of nitro benzene ring substituents is 1. The van der Waals surface area contributed by atoms with Gasteiger partial charge in [0.2, 0.25) is 10.0 Å². The third kappa shape index (κ3) is 3.49. The van der Waals surface area contributed by atoms with Crippen molar-refractivity contribution in [3.05, 3.63) is 58.7 Å². The molecule has 0 bridgehead atoms. The summed E-state index contributed by atoms with van der Waals surface area (Å²) in [6.07, 6.45) is 3.29. The average Bonchev–Trinajstić information content (AvgIpc) is 2.29. The molecule has 1 rings (SSSR count). The van der Waals surface area contributed by atoms with Gasteiger partial charge in [0.15, 0.2) is 0 Å². The van der Waals surface area contributed by atoms with Crippen molar-refractivity contribution in [1.29, 1.82) is 0 Å². The van der Waals surface area contributed by atoms with Crippen LogP contribution in [0.25, 0.3) is 0 Å². The highest BCUT2D eigenvalue weighted by atomic mass is 32.2. The van der Waals surface area contributed by atoms with E-state index in [0.717, 1.165) is 0 Å². The van der Waals surface area contributed by atoms with Crippen LogP contribution in [-0.4, -0.2) is 13.3 Å². The van der Waals surface area contributed by atoms with Crippen LogP contribution in [0.2, 0.25) is 0 Å². The summed E-state index contributed by atoms with van der Waals surface area (Å²) in [5, 5.41) is 16.1. The van der Waals surface area contributed by atoms with Gasteiger partial charge in [-0.2, -0.15) is 0 Å². The second-order valence-corrected chi connectivity index (χ2v) is 5.41. The summed E-state index contributed by atoms with van der Waals surface area (Å²) in [6.45, 7) is 6.98. The molecule has 0 atom stereocenters. The average molecular weight is 282 g/mol.